The first-order chi connectivity index (χ1) is 7.93. The Labute approximate surface area is 102 Å². The predicted octanol–water partition coefficient (Wildman–Crippen LogP) is -0.230. The van der Waals surface area contributed by atoms with E-state index in [1.165, 1.54) is 0 Å². The molecule has 1 rings (SSSR count). The van der Waals surface area contributed by atoms with E-state index in [-0.39, 0.29) is 17.5 Å². The highest BCUT2D eigenvalue weighted by Crippen LogP contribution is 1.95. The van der Waals surface area contributed by atoms with Gasteiger partial charge in [-0.15, -0.1) is 0 Å². The summed E-state index contributed by atoms with van der Waals surface area (Å²) in [6.07, 6.45) is 2.36. The van der Waals surface area contributed by atoms with Crippen molar-refractivity contribution in [2.75, 3.05) is 18.1 Å². The van der Waals surface area contributed by atoms with Crippen LogP contribution in [-0.2, 0) is 23.3 Å². The Morgan fingerprint density at radius 2 is 2.24 bits per heavy atom. The molecule has 0 aliphatic carbocycles. The van der Waals surface area contributed by atoms with Gasteiger partial charge in [0.1, 0.15) is 6.33 Å². The second-order valence-corrected chi connectivity index (χ2v) is 6.54. The first kappa shape index (κ1) is 14.1. The number of aryl methyl sites for hydroxylation is 1. The summed E-state index contributed by atoms with van der Waals surface area (Å²) in [7, 11) is -1.09. The Balaban J connectivity index is 2.27. The standard InChI is InChI=1S/C10H20N4O2S/c1-4-17(15,16)7-9(2)11-6-5-10-12-8-14(3)13-10/h8-9,11H,4-7H2,1-3H3. The van der Waals surface area contributed by atoms with E-state index in [1.54, 1.807) is 17.9 Å². The number of sulfone groups is 1. The molecule has 0 aliphatic rings. The van der Waals surface area contributed by atoms with Crippen molar-refractivity contribution in [3.63, 3.8) is 0 Å². The van der Waals surface area contributed by atoms with Crippen LogP contribution in [0.15, 0.2) is 6.33 Å². The number of hydrogen-bond donors (Lipinski definition) is 1. The van der Waals surface area contributed by atoms with E-state index >= 15 is 0 Å². The molecule has 0 amide bonds. The van der Waals surface area contributed by atoms with Crippen LogP contribution in [0.2, 0.25) is 0 Å². The Kier molecular flexibility index (Phi) is 5.07. The molecule has 7 heteroatoms. The zero-order valence-electron chi connectivity index (χ0n) is 10.5. The fourth-order valence-electron chi connectivity index (χ4n) is 1.49. The van der Waals surface area contributed by atoms with Crippen LogP contribution in [0.1, 0.15) is 19.7 Å². The highest BCUT2D eigenvalue weighted by Gasteiger charge is 2.13. The average molecular weight is 260 g/mol. The minimum Gasteiger partial charge on any atom is -0.313 e. The van der Waals surface area contributed by atoms with Gasteiger partial charge < -0.3 is 5.32 Å². The molecule has 0 aliphatic heterocycles. The molecule has 1 aromatic rings. The normalized spacial score (nSPS) is 13.8. The quantitative estimate of drug-likeness (QED) is 0.733. The molecule has 98 valence electrons. The maximum atomic E-state index is 11.4. The topological polar surface area (TPSA) is 76.9 Å². The third kappa shape index (κ3) is 5.27. The van der Waals surface area contributed by atoms with Crippen LogP contribution in [0.3, 0.4) is 0 Å². The summed E-state index contributed by atoms with van der Waals surface area (Å²) in [6.45, 7) is 4.23. The lowest BCUT2D eigenvalue weighted by Gasteiger charge is -2.12. The molecule has 1 heterocycles. The Morgan fingerprint density at radius 1 is 1.53 bits per heavy atom. The number of aromatic nitrogens is 3. The van der Waals surface area contributed by atoms with Crippen LogP contribution in [0.25, 0.3) is 0 Å². The van der Waals surface area contributed by atoms with E-state index in [4.69, 9.17) is 0 Å². The van der Waals surface area contributed by atoms with Crippen LogP contribution >= 0.6 is 0 Å². The van der Waals surface area contributed by atoms with Gasteiger partial charge in [0.05, 0.1) is 5.75 Å². The zero-order valence-corrected chi connectivity index (χ0v) is 11.4. The van der Waals surface area contributed by atoms with Crippen molar-refractivity contribution in [2.45, 2.75) is 26.3 Å². The summed E-state index contributed by atoms with van der Waals surface area (Å²) in [5.41, 5.74) is 0. The largest absolute Gasteiger partial charge is 0.313 e. The maximum absolute atomic E-state index is 11.4. The van der Waals surface area contributed by atoms with Crippen LogP contribution in [0, 0.1) is 0 Å². The molecule has 0 spiro atoms. The average Bonchev–Trinajstić information content (AvgIpc) is 2.63. The third-order valence-corrected chi connectivity index (χ3v) is 4.32. The second-order valence-electron chi connectivity index (χ2n) is 4.14. The van der Waals surface area contributed by atoms with Gasteiger partial charge in [0.25, 0.3) is 0 Å². The van der Waals surface area contributed by atoms with Crippen molar-refractivity contribution in [3.05, 3.63) is 12.2 Å². The Bertz CT molecular complexity index is 441. The van der Waals surface area contributed by atoms with Crippen molar-refractivity contribution in [3.8, 4) is 0 Å². The molecule has 1 atom stereocenters. The minimum absolute atomic E-state index is 0.0383. The zero-order chi connectivity index (χ0) is 12.9. The van der Waals surface area contributed by atoms with Gasteiger partial charge in [0, 0.05) is 31.8 Å². The number of nitrogens with one attached hydrogen (secondary N) is 1. The van der Waals surface area contributed by atoms with Gasteiger partial charge in [-0.05, 0) is 6.92 Å². The molecular weight excluding hydrogens is 240 g/mol. The molecule has 0 saturated heterocycles. The van der Waals surface area contributed by atoms with E-state index in [1.807, 2.05) is 14.0 Å². The fourth-order valence-corrected chi connectivity index (χ4v) is 2.60. The summed E-state index contributed by atoms with van der Waals surface area (Å²) < 4.78 is 24.4. The fraction of sp³-hybridized carbons (Fsp3) is 0.800. The highest BCUT2D eigenvalue weighted by molar-refractivity contribution is 7.91. The smallest absolute Gasteiger partial charge is 0.151 e. The van der Waals surface area contributed by atoms with Gasteiger partial charge in [-0.2, -0.15) is 5.10 Å². The van der Waals surface area contributed by atoms with Gasteiger partial charge >= 0.3 is 0 Å². The Morgan fingerprint density at radius 3 is 2.76 bits per heavy atom. The summed E-state index contributed by atoms with van der Waals surface area (Å²) in [5, 5.41) is 7.31. The van der Waals surface area contributed by atoms with Crippen LogP contribution in [0.5, 0.6) is 0 Å². The van der Waals surface area contributed by atoms with Crippen molar-refractivity contribution in [1.29, 1.82) is 0 Å². The van der Waals surface area contributed by atoms with E-state index in [9.17, 15) is 8.42 Å². The SMILES string of the molecule is CCS(=O)(=O)CC(C)NCCc1ncn(C)n1. The summed E-state index contributed by atoms with van der Waals surface area (Å²) in [6, 6.07) is -0.0383. The molecule has 1 N–H and O–H groups in total. The molecule has 1 aromatic heterocycles. The van der Waals surface area contributed by atoms with Gasteiger partial charge in [-0.25, -0.2) is 13.4 Å². The number of nitrogens with zero attached hydrogens (tertiary/aromatic N) is 3. The van der Waals surface area contributed by atoms with Crippen molar-refractivity contribution in [2.24, 2.45) is 7.05 Å². The monoisotopic (exact) mass is 260 g/mol. The molecule has 0 saturated carbocycles. The highest BCUT2D eigenvalue weighted by atomic mass is 32.2. The Hall–Kier alpha value is -0.950. The van der Waals surface area contributed by atoms with Gasteiger partial charge in [0.15, 0.2) is 15.7 Å². The summed E-state index contributed by atoms with van der Waals surface area (Å²) >= 11 is 0. The van der Waals surface area contributed by atoms with Crippen molar-refractivity contribution >= 4 is 9.84 Å². The number of rotatable bonds is 7. The lowest BCUT2D eigenvalue weighted by atomic mass is 10.3. The molecule has 17 heavy (non-hydrogen) atoms. The number of hydrogen-bond acceptors (Lipinski definition) is 5. The third-order valence-electron chi connectivity index (χ3n) is 2.43. The maximum Gasteiger partial charge on any atom is 0.151 e. The lowest BCUT2D eigenvalue weighted by Crippen LogP contribution is -2.35. The first-order valence-corrected chi connectivity index (χ1v) is 7.53. The molecule has 6 nitrogen and oxygen atoms in total. The molecule has 0 radical (unpaired) electrons. The van der Waals surface area contributed by atoms with E-state index in [0.29, 0.717) is 13.0 Å². The van der Waals surface area contributed by atoms with Crippen molar-refractivity contribution < 1.29 is 8.42 Å². The van der Waals surface area contributed by atoms with Gasteiger partial charge in [-0.3, -0.25) is 4.68 Å². The van der Waals surface area contributed by atoms with Crippen LogP contribution in [0.4, 0.5) is 0 Å². The molecule has 0 aromatic carbocycles. The predicted molar refractivity (Wildman–Crippen MR) is 66.5 cm³/mol. The van der Waals surface area contributed by atoms with E-state index in [0.717, 1.165) is 5.82 Å². The lowest BCUT2D eigenvalue weighted by molar-refractivity contribution is 0.555. The van der Waals surface area contributed by atoms with Crippen molar-refractivity contribution in [1.82, 2.24) is 20.1 Å². The minimum atomic E-state index is -2.91. The first-order valence-electron chi connectivity index (χ1n) is 5.71. The van der Waals surface area contributed by atoms with Crippen LogP contribution in [-0.4, -0.2) is 47.3 Å². The van der Waals surface area contributed by atoms with Gasteiger partial charge in [0.2, 0.25) is 0 Å². The molecule has 0 fully saturated rings. The summed E-state index contributed by atoms with van der Waals surface area (Å²) in [4.78, 5) is 4.10. The molecule has 1 unspecified atom stereocenters. The second kappa shape index (κ2) is 6.11. The summed E-state index contributed by atoms with van der Waals surface area (Å²) in [5.74, 6) is 1.14. The molecule has 0 bridgehead atoms. The van der Waals surface area contributed by atoms with E-state index < -0.39 is 9.84 Å². The van der Waals surface area contributed by atoms with Crippen LogP contribution < -0.4 is 5.32 Å². The van der Waals surface area contributed by atoms with Gasteiger partial charge in [-0.1, -0.05) is 6.92 Å². The molecular formula is C10H20N4O2S. The van der Waals surface area contributed by atoms with E-state index in [2.05, 4.69) is 15.4 Å².